The summed E-state index contributed by atoms with van der Waals surface area (Å²) in [4.78, 5) is 4.81. The second-order valence-corrected chi connectivity index (χ2v) is 10.7. The summed E-state index contributed by atoms with van der Waals surface area (Å²) in [6.45, 7) is 5.61. The Kier molecular flexibility index (Phi) is 7.09. The zero-order valence-corrected chi connectivity index (χ0v) is 20.3. The van der Waals surface area contributed by atoms with Crippen LogP contribution in [0.2, 0.25) is 0 Å². The lowest BCUT2D eigenvalue weighted by molar-refractivity contribution is -0.137. The van der Waals surface area contributed by atoms with Crippen LogP contribution in [0, 0.1) is 5.92 Å². The van der Waals surface area contributed by atoms with Gasteiger partial charge in [-0.05, 0) is 62.4 Å². The molecule has 2 aromatic rings. The minimum absolute atomic E-state index is 0.394. The van der Waals surface area contributed by atoms with Gasteiger partial charge in [0.25, 0.3) is 0 Å². The van der Waals surface area contributed by atoms with Crippen LogP contribution in [0.4, 0.5) is 18.9 Å². The lowest BCUT2D eigenvalue weighted by Crippen LogP contribution is -2.35. The van der Waals surface area contributed by atoms with Crippen molar-refractivity contribution in [1.82, 2.24) is 19.7 Å². The van der Waals surface area contributed by atoms with E-state index in [1.165, 1.54) is 12.1 Å². The molecule has 0 bridgehead atoms. The second-order valence-electron chi connectivity index (χ2n) is 9.60. The number of benzene rings is 1. The fraction of sp³-hybridized carbons (Fsp3) is 0.667. The number of rotatable bonds is 7. The Morgan fingerprint density at radius 1 is 1.06 bits per heavy atom. The summed E-state index contributed by atoms with van der Waals surface area (Å²) >= 11 is 1.77. The highest BCUT2D eigenvalue weighted by atomic mass is 32.2. The van der Waals surface area contributed by atoms with Gasteiger partial charge in [-0.3, -0.25) is 0 Å². The van der Waals surface area contributed by atoms with E-state index < -0.39 is 11.7 Å². The van der Waals surface area contributed by atoms with E-state index in [0.29, 0.717) is 17.9 Å². The highest BCUT2D eigenvalue weighted by molar-refractivity contribution is 7.99. The highest BCUT2D eigenvalue weighted by Crippen LogP contribution is 2.37. The maximum absolute atomic E-state index is 12.9. The van der Waals surface area contributed by atoms with Crippen molar-refractivity contribution >= 4 is 17.4 Å². The van der Waals surface area contributed by atoms with E-state index in [2.05, 4.69) is 31.6 Å². The number of nitrogens with zero attached hydrogens (tertiary/aromatic N) is 5. The molecule has 5 rings (SSSR count). The first-order valence-corrected chi connectivity index (χ1v) is 13.1. The summed E-state index contributed by atoms with van der Waals surface area (Å²) in [7, 11) is 2.06. The average molecular weight is 496 g/mol. The number of hydrogen-bond donors (Lipinski definition) is 0. The van der Waals surface area contributed by atoms with E-state index in [1.807, 2.05) is 0 Å². The van der Waals surface area contributed by atoms with Crippen molar-refractivity contribution in [3.05, 3.63) is 35.7 Å². The Morgan fingerprint density at radius 2 is 1.82 bits per heavy atom. The first-order valence-electron chi connectivity index (χ1n) is 12.2. The molecular weight excluding hydrogens is 463 g/mol. The maximum Gasteiger partial charge on any atom is 0.416 e. The third-order valence-corrected chi connectivity index (χ3v) is 8.56. The standard InChI is InChI=1S/C24H32F3N5OS/c1-30-22(17-8-12-33-13-9-17)28-29-23(30)34-14-2-10-31-15-18-7-11-32(21(18)16-31)20-5-3-19(4-6-20)24(25,26)27/h3-6,17-18,21H,2,7-16H2,1H3/t18-,21+/m0/s1. The molecule has 4 heterocycles. The highest BCUT2D eigenvalue weighted by Gasteiger charge is 2.41. The van der Waals surface area contributed by atoms with Gasteiger partial charge in [-0.15, -0.1) is 10.2 Å². The summed E-state index contributed by atoms with van der Waals surface area (Å²) in [5.74, 6) is 3.10. The van der Waals surface area contributed by atoms with E-state index in [1.54, 1.807) is 23.9 Å². The number of likely N-dealkylation sites (tertiary alicyclic amines) is 1. The number of halogens is 3. The van der Waals surface area contributed by atoms with Crippen LogP contribution >= 0.6 is 11.8 Å². The number of alkyl halides is 3. The van der Waals surface area contributed by atoms with Gasteiger partial charge in [0.05, 0.1) is 5.56 Å². The zero-order chi connectivity index (χ0) is 23.7. The number of hydrogen-bond acceptors (Lipinski definition) is 6. The van der Waals surface area contributed by atoms with Gasteiger partial charge >= 0.3 is 6.18 Å². The molecule has 2 atom stereocenters. The van der Waals surface area contributed by atoms with Crippen molar-refractivity contribution in [3.8, 4) is 0 Å². The first-order chi connectivity index (χ1) is 16.4. The molecule has 186 valence electrons. The van der Waals surface area contributed by atoms with Gasteiger partial charge in [-0.2, -0.15) is 13.2 Å². The fourth-order valence-electron chi connectivity index (χ4n) is 5.61. The molecule has 0 N–H and O–H groups in total. The van der Waals surface area contributed by atoms with Gasteiger partial charge in [-0.1, -0.05) is 11.8 Å². The van der Waals surface area contributed by atoms with Crippen molar-refractivity contribution in [1.29, 1.82) is 0 Å². The minimum atomic E-state index is -4.29. The quantitative estimate of drug-likeness (QED) is 0.419. The van der Waals surface area contributed by atoms with E-state index in [-0.39, 0.29) is 0 Å². The molecule has 10 heteroatoms. The van der Waals surface area contributed by atoms with Crippen LogP contribution in [-0.4, -0.2) is 70.9 Å². The Balaban J connectivity index is 1.09. The smallest absolute Gasteiger partial charge is 0.381 e. The molecule has 3 aliphatic rings. The molecule has 3 aliphatic heterocycles. The van der Waals surface area contributed by atoms with Crippen LogP contribution in [-0.2, 0) is 18.0 Å². The van der Waals surface area contributed by atoms with Crippen molar-refractivity contribution < 1.29 is 17.9 Å². The summed E-state index contributed by atoms with van der Waals surface area (Å²) in [5, 5.41) is 9.84. The van der Waals surface area contributed by atoms with E-state index in [4.69, 9.17) is 4.74 Å². The van der Waals surface area contributed by atoms with Crippen molar-refractivity contribution in [3.63, 3.8) is 0 Å². The molecule has 3 fully saturated rings. The van der Waals surface area contributed by atoms with Gasteiger partial charge in [0.2, 0.25) is 0 Å². The summed E-state index contributed by atoms with van der Waals surface area (Å²) in [5.41, 5.74) is 0.320. The minimum Gasteiger partial charge on any atom is -0.381 e. The van der Waals surface area contributed by atoms with Crippen molar-refractivity contribution in [2.75, 3.05) is 50.0 Å². The Morgan fingerprint density at radius 3 is 2.56 bits per heavy atom. The predicted octanol–water partition coefficient (Wildman–Crippen LogP) is 4.42. The topological polar surface area (TPSA) is 46.4 Å². The monoisotopic (exact) mass is 495 g/mol. The molecular formula is C24H32F3N5OS. The Bertz CT molecular complexity index is 961. The number of fused-ring (bicyclic) bond motifs is 1. The van der Waals surface area contributed by atoms with Crippen molar-refractivity contribution in [2.24, 2.45) is 13.0 Å². The fourth-order valence-corrected chi connectivity index (χ4v) is 6.45. The number of anilines is 1. The molecule has 1 aromatic carbocycles. The molecule has 0 amide bonds. The zero-order valence-electron chi connectivity index (χ0n) is 19.5. The normalized spacial score (nSPS) is 24.2. The third-order valence-electron chi connectivity index (χ3n) is 7.45. The number of aromatic nitrogens is 3. The van der Waals surface area contributed by atoms with Gasteiger partial charge < -0.3 is 19.1 Å². The molecule has 34 heavy (non-hydrogen) atoms. The maximum atomic E-state index is 12.9. The molecule has 6 nitrogen and oxygen atoms in total. The first kappa shape index (κ1) is 23.9. The van der Waals surface area contributed by atoms with Gasteiger partial charge in [0, 0.05) is 63.3 Å². The molecule has 0 saturated carbocycles. The predicted molar refractivity (Wildman–Crippen MR) is 126 cm³/mol. The van der Waals surface area contributed by atoms with E-state index in [9.17, 15) is 13.2 Å². The SMILES string of the molecule is Cn1c(SCCCN2C[C@@H]3CCN(c4ccc(C(F)(F)F)cc4)[C@@H]3C2)nnc1C1CCOCC1. The molecule has 1 aromatic heterocycles. The molecule has 3 saturated heterocycles. The Hall–Kier alpha value is -1.78. The van der Waals surface area contributed by atoms with Gasteiger partial charge in [0.1, 0.15) is 5.82 Å². The lowest BCUT2D eigenvalue weighted by Gasteiger charge is -2.27. The third kappa shape index (κ3) is 5.09. The van der Waals surface area contributed by atoms with Gasteiger partial charge in [0.15, 0.2) is 5.16 Å². The molecule has 0 aliphatic carbocycles. The second kappa shape index (κ2) is 10.1. The van der Waals surface area contributed by atoms with Crippen molar-refractivity contribution in [2.45, 2.75) is 49.0 Å². The van der Waals surface area contributed by atoms with Crippen LogP contribution in [0.3, 0.4) is 0 Å². The van der Waals surface area contributed by atoms with Crippen LogP contribution in [0.25, 0.3) is 0 Å². The average Bonchev–Trinajstić information content (AvgIpc) is 3.51. The summed E-state index contributed by atoms with van der Waals surface area (Å²) < 4.78 is 46.3. The van der Waals surface area contributed by atoms with Crippen LogP contribution in [0.5, 0.6) is 0 Å². The Labute approximate surface area is 202 Å². The molecule has 0 spiro atoms. The van der Waals surface area contributed by atoms with Gasteiger partial charge in [-0.25, -0.2) is 0 Å². The van der Waals surface area contributed by atoms with E-state index >= 15 is 0 Å². The largest absolute Gasteiger partial charge is 0.416 e. The van der Waals surface area contributed by atoms with E-state index in [0.717, 1.165) is 87.5 Å². The molecule has 0 unspecified atom stereocenters. The van der Waals surface area contributed by atoms with Crippen LogP contribution < -0.4 is 4.90 Å². The number of ether oxygens (including phenoxy) is 1. The molecule has 0 radical (unpaired) electrons. The van der Waals surface area contributed by atoms with Crippen LogP contribution in [0.1, 0.15) is 43.0 Å². The summed E-state index contributed by atoms with van der Waals surface area (Å²) in [6, 6.07) is 6.05. The lowest BCUT2D eigenvalue weighted by atomic mass is 10.00. The summed E-state index contributed by atoms with van der Waals surface area (Å²) in [6.07, 6.45) is -0.0881. The van der Waals surface area contributed by atoms with Crippen LogP contribution in [0.15, 0.2) is 29.4 Å². The number of thioether (sulfide) groups is 1.